The van der Waals surface area contributed by atoms with Gasteiger partial charge in [0.2, 0.25) is 0 Å². The number of hydrogen-bond donors (Lipinski definition) is 2. The minimum absolute atomic E-state index is 0.297. The van der Waals surface area contributed by atoms with Gasteiger partial charge in [0.05, 0.1) is 5.60 Å². The number of rotatable bonds is 2. The lowest BCUT2D eigenvalue weighted by Crippen LogP contribution is -2.52. The lowest BCUT2D eigenvalue weighted by molar-refractivity contribution is -0.000171. The molecule has 2 nitrogen and oxygen atoms in total. The standard InChI is InChI=1S/C10H21NO/c1-4-10(3,12)9-7-8(2)5-6-11-9/h8-9,11-12H,4-7H2,1-3H3. The molecule has 72 valence electrons. The van der Waals surface area contributed by atoms with Crippen LogP contribution in [0, 0.1) is 5.92 Å². The van der Waals surface area contributed by atoms with Gasteiger partial charge in [-0.2, -0.15) is 0 Å². The first-order valence-corrected chi connectivity index (χ1v) is 5.02. The Balaban J connectivity index is 2.50. The molecule has 0 amide bonds. The Morgan fingerprint density at radius 3 is 2.75 bits per heavy atom. The Hall–Kier alpha value is -0.0800. The molecule has 0 aromatic rings. The first-order valence-electron chi connectivity index (χ1n) is 5.02. The molecule has 1 saturated heterocycles. The van der Waals surface area contributed by atoms with Crippen molar-refractivity contribution in [2.24, 2.45) is 5.92 Å². The normalized spacial score (nSPS) is 36.0. The van der Waals surface area contributed by atoms with E-state index in [4.69, 9.17) is 0 Å². The minimum atomic E-state index is -0.519. The Morgan fingerprint density at radius 2 is 2.25 bits per heavy atom. The Morgan fingerprint density at radius 1 is 1.58 bits per heavy atom. The van der Waals surface area contributed by atoms with Gasteiger partial charge in [0.25, 0.3) is 0 Å². The molecule has 0 radical (unpaired) electrons. The molecule has 2 N–H and O–H groups in total. The molecule has 3 atom stereocenters. The van der Waals surface area contributed by atoms with Crippen molar-refractivity contribution in [1.29, 1.82) is 0 Å². The predicted octanol–water partition coefficient (Wildman–Crippen LogP) is 1.54. The minimum Gasteiger partial charge on any atom is -0.389 e. The van der Waals surface area contributed by atoms with Crippen molar-refractivity contribution < 1.29 is 5.11 Å². The van der Waals surface area contributed by atoms with Crippen LogP contribution in [0.4, 0.5) is 0 Å². The van der Waals surface area contributed by atoms with Gasteiger partial charge in [0.1, 0.15) is 0 Å². The molecule has 0 saturated carbocycles. The Labute approximate surface area is 75.4 Å². The third-order valence-electron chi connectivity index (χ3n) is 3.13. The summed E-state index contributed by atoms with van der Waals surface area (Å²) in [6.07, 6.45) is 3.19. The predicted molar refractivity (Wildman–Crippen MR) is 51.1 cm³/mol. The average Bonchev–Trinajstić information content (AvgIpc) is 2.05. The summed E-state index contributed by atoms with van der Waals surface area (Å²) in [6, 6.07) is 0.297. The van der Waals surface area contributed by atoms with E-state index < -0.39 is 5.60 Å². The van der Waals surface area contributed by atoms with Crippen LogP contribution in [0.25, 0.3) is 0 Å². The van der Waals surface area contributed by atoms with Crippen molar-refractivity contribution in [2.75, 3.05) is 6.54 Å². The second-order valence-corrected chi connectivity index (χ2v) is 4.35. The summed E-state index contributed by atoms with van der Waals surface area (Å²) in [7, 11) is 0. The van der Waals surface area contributed by atoms with Gasteiger partial charge in [-0.15, -0.1) is 0 Å². The van der Waals surface area contributed by atoms with Gasteiger partial charge in [0.15, 0.2) is 0 Å². The van der Waals surface area contributed by atoms with E-state index in [1.54, 1.807) is 0 Å². The van der Waals surface area contributed by atoms with Crippen LogP contribution in [-0.4, -0.2) is 23.3 Å². The molecule has 0 aliphatic carbocycles. The van der Waals surface area contributed by atoms with E-state index in [-0.39, 0.29) is 0 Å². The van der Waals surface area contributed by atoms with E-state index in [0.717, 1.165) is 25.3 Å². The van der Waals surface area contributed by atoms with Crippen LogP contribution in [0.5, 0.6) is 0 Å². The van der Waals surface area contributed by atoms with Gasteiger partial charge in [-0.1, -0.05) is 13.8 Å². The summed E-state index contributed by atoms with van der Waals surface area (Å²) < 4.78 is 0. The van der Waals surface area contributed by atoms with Crippen LogP contribution in [-0.2, 0) is 0 Å². The van der Waals surface area contributed by atoms with E-state index in [9.17, 15) is 5.11 Å². The highest BCUT2D eigenvalue weighted by molar-refractivity contribution is 4.90. The van der Waals surface area contributed by atoms with Gasteiger partial charge >= 0.3 is 0 Å². The van der Waals surface area contributed by atoms with Crippen LogP contribution in [0.1, 0.15) is 40.0 Å². The fourth-order valence-electron chi connectivity index (χ4n) is 1.83. The molecule has 2 heteroatoms. The Bertz CT molecular complexity index is 145. The summed E-state index contributed by atoms with van der Waals surface area (Å²) in [5.41, 5.74) is -0.519. The summed E-state index contributed by atoms with van der Waals surface area (Å²) in [5, 5.41) is 13.4. The van der Waals surface area contributed by atoms with Crippen molar-refractivity contribution in [2.45, 2.75) is 51.7 Å². The maximum Gasteiger partial charge on any atom is 0.0769 e. The topological polar surface area (TPSA) is 32.3 Å². The quantitative estimate of drug-likeness (QED) is 0.660. The number of nitrogens with one attached hydrogen (secondary N) is 1. The molecule has 1 fully saturated rings. The van der Waals surface area contributed by atoms with Gasteiger partial charge in [-0.25, -0.2) is 0 Å². The van der Waals surface area contributed by atoms with Gasteiger partial charge < -0.3 is 10.4 Å². The maximum atomic E-state index is 10.0. The molecule has 0 aromatic carbocycles. The van der Waals surface area contributed by atoms with Gasteiger partial charge in [-0.3, -0.25) is 0 Å². The third-order valence-corrected chi connectivity index (χ3v) is 3.13. The van der Waals surface area contributed by atoms with E-state index in [1.165, 1.54) is 6.42 Å². The molecule has 0 spiro atoms. The largest absolute Gasteiger partial charge is 0.389 e. The molecule has 0 aromatic heterocycles. The molecule has 0 bridgehead atoms. The molecule has 1 heterocycles. The van der Waals surface area contributed by atoms with Gasteiger partial charge in [-0.05, 0) is 38.6 Å². The third kappa shape index (κ3) is 2.20. The van der Waals surface area contributed by atoms with Crippen LogP contribution in [0.2, 0.25) is 0 Å². The van der Waals surface area contributed by atoms with Crippen molar-refractivity contribution in [3.63, 3.8) is 0 Å². The zero-order valence-corrected chi connectivity index (χ0v) is 8.43. The molecule has 1 aliphatic rings. The zero-order chi connectivity index (χ0) is 9.19. The van der Waals surface area contributed by atoms with E-state index in [0.29, 0.717) is 6.04 Å². The second kappa shape index (κ2) is 3.75. The maximum absolute atomic E-state index is 10.0. The first-order chi connectivity index (χ1) is 5.56. The highest BCUT2D eigenvalue weighted by Gasteiger charge is 2.32. The summed E-state index contributed by atoms with van der Waals surface area (Å²) in [6.45, 7) is 7.30. The lowest BCUT2D eigenvalue weighted by Gasteiger charge is -2.38. The van der Waals surface area contributed by atoms with Crippen LogP contribution >= 0.6 is 0 Å². The highest BCUT2D eigenvalue weighted by Crippen LogP contribution is 2.24. The van der Waals surface area contributed by atoms with Crippen molar-refractivity contribution in [3.05, 3.63) is 0 Å². The van der Waals surface area contributed by atoms with Crippen LogP contribution in [0.3, 0.4) is 0 Å². The van der Waals surface area contributed by atoms with Crippen molar-refractivity contribution >= 4 is 0 Å². The zero-order valence-electron chi connectivity index (χ0n) is 8.43. The van der Waals surface area contributed by atoms with Crippen LogP contribution in [0.15, 0.2) is 0 Å². The molecule has 3 unspecified atom stereocenters. The SMILES string of the molecule is CCC(C)(O)C1CC(C)CCN1. The van der Waals surface area contributed by atoms with Gasteiger partial charge in [0, 0.05) is 6.04 Å². The van der Waals surface area contributed by atoms with Crippen LogP contribution < -0.4 is 5.32 Å². The Kier molecular flexibility index (Phi) is 3.13. The highest BCUT2D eigenvalue weighted by atomic mass is 16.3. The molecular weight excluding hydrogens is 150 g/mol. The average molecular weight is 171 g/mol. The summed E-state index contributed by atoms with van der Waals surface area (Å²) >= 11 is 0. The van der Waals surface area contributed by atoms with Crippen molar-refractivity contribution in [3.8, 4) is 0 Å². The number of aliphatic hydroxyl groups is 1. The van der Waals surface area contributed by atoms with E-state index in [2.05, 4.69) is 12.2 Å². The second-order valence-electron chi connectivity index (χ2n) is 4.35. The smallest absolute Gasteiger partial charge is 0.0769 e. The molecule has 1 rings (SSSR count). The number of hydrogen-bond acceptors (Lipinski definition) is 2. The summed E-state index contributed by atoms with van der Waals surface area (Å²) in [5.74, 6) is 0.759. The molecule has 12 heavy (non-hydrogen) atoms. The molecule has 1 aliphatic heterocycles. The number of piperidine rings is 1. The van der Waals surface area contributed by atoms with Crippen molar-refractivity contribution in [1.82, 2.24) is 5.32 Å². The first kappa shape index (κ1) is 10.0. The lowest BCUT2D eigenvalue weighted by atomic mass is 9.83. The summed E-state index contributed by atoms with van der Waals surface area (Å²) in [4.78, 5) is 0. The fourth-order valence-corrected chi connectivity index (χ4v) is 1.83. The van der Waals surface area contributed by atoms with E-state index >= 15 is 0 Å². The molecular formula is C10H21NO. The monoisotopic (exact) mass is 171 g/mol. The van der Waals surface area contributed by atoms with E-state index in [1.807, 2.05) is 13.8 Å². The fraction of sp³-hybridized carbons (Fsp3) is 1.00.